The number of hydrogen-bond acceptors (Lipinski definition) is 1. The van der Waals surface area contributed by atoms with Crippen LogP contribution in [-0.2, 0) is 5.41 Å². The zero-order valence-electron chi connectivity index (χ0n) is 34.8. The molecule has 0 amide bonds. The standard InChI is InChI=1S/C61H38N2Si/c1-8-24-49-41(17-1)42-18-2-9-25-50(42)61(49)51-26-10-13-29-55(51)63(56-36-34-39(37-52(56)61)62-53-27-11-3-19-43(53)44-20-4-12-28-54(44)62)40-33-35-48-47-23-7-16-32-59(47)64(60(48)38-40)57-30-14-5-21-45(57)46-22-6-15-31-58(46)64/h1-38H. The molecular weight excluding hydrogens is 789 g/mol. The highest BCUT2D eigenvalue weighted by molar-refractivity contribution is 7.24. The highest BCUT2D eigenvalue weighted by atomic mass is 28.3. The number of rotatable bonds is 2. The van der Waals surface area contributed by atoms with Crippen LogP contribution in [0, 0.1) is 0 Å². The van der Waals surface area contributed by atoms with E-state index in [4.69, 9.17) is 0 Å². The molecule has 0 saturated heterocycles. The predicted molar refractivity (Wildman–Crippen MR) is 268 cm³/mol. The maximum absolute atomic E-state index is 2.68. The Bertz CT molecular complexity index is 3670. The van der Waals surface area contributed by atoms with Crippen molar-refractivity contribution in [3.63, 3.8) is 0 Å². The van der Waals surface area contributed by atoms with Gasteiger partial charge in [0.2, 0.25) is 0 Å². The van der Waals surface area contributed by atoms with Crippen molar-refractivity contribution in [3.05, 3.63) is 253 Å². The van der Waals surface area contributed by atoms with Crippen LogP contribution in [-0.4, -0.2) is 12.6 Å². The van der Waals surface area contributed by atoms with Crippen LogP contribution >= 0.6 is 0 Å². The van der Waals surface area contributed by atoms with Crippen LogP contribution in [0.25, 0.3) is 60.9 Å². The monoisotopic (exact) mass is 826 g/mol. The number of anilines is 3. The van der Waals surface area contributed by atoms with Crippen LogP contribution in [0.3, 0.4) is 0 Å². The Labute approximate surface area is 372 Å². The summed E-state index contributed by atoms with van der Waals surface area (Å²) in [5.74, 6) is 0. The summed E-state index contributed by atoms with van der Waals surface area (Å²) in [6.45, 7) is 0. The van der Waals surface area contributed by atoms with Gasteiger partial charge in [0.05, 0.1) is 27.8 Å². The first kappa shape index (κ1) is 34.6. The molecule has 2 nitrogen and oxygen atoms in total. The van der Waals surface area contributed by atoms with Gasteiger partial charge in [-0.2, -0.15) is 0 Å². The molecule has 4 aliphatic rings. The van der Waals surface area contributed by atoms with Crippen LogP contribution < -0.4 is 25.6 Å². The van der Waals surface area contributed by atoms with Crippen LogP contribution in [0.1, 0.15) is 22.3 Å². The van der Waals surface area contributed by atoms with E-state index >= 15 is 0 Å². The fraction of sp³-hybridized carbons (Fsp3) is 0.0164. The Hall–Kier alpha value is -7.98. The molecule has 64 heavy (non-hydrogen) atoms. The Balaban J connectivity index is 1.05. The first-order valence-electron chi connectivity index (χ1n) is 22.4. The van der Waals surface area contributed by atoms with Crippen molar-refractivity contribution in [3.8, 4) is 39.1 Å². The normalized spacial score (nSPS) is 14.8. The molecule has 10 aromatic carbocycles. The van der Waals surface area contributed by atoms with Crippen LogP contribution in [0.4, 0.5) is 17.1 Å². The molecule has 1 aliphatic carbocycles. The topological polar surface area (TPSA) is 8.17 Å². The van der Waals surface area contributed by atoms with E-state index in [0.29, 0.717) is 0 Å². The van der Waals surface area contributed by atoms with E-state index in [1.54, 1.807) is 0 Å². The summed E-state index contributed by atoms with van der Waals surface area (Å²) >= 11 is 0. The third kappa shape index (κ3) is 4.03. The third-order valence-corrected chi connectivity index (χ3v) is 20.2. The van der Waals surface area contributed by atoms with Gasteiger partial charge in [0, 0.05) is 22.1 Å². The molecule has 3 heteroatoms. The molecule has 15 rings (SSSR count). The number of hydrogen-bond donors (Lipinski definition) is 0. The Morgan fingerprint density at radius 2 is 0.734 bits per heavy atom. The van der Waals surface area contributed by atoms with E-state index in [9.17, 15) is 0 Å². The summed E-state index contributed by atoms with van der Waals surface area (Å²) in [4.78, 5) is 2.59. The van der Waals surface area contributed by atoms with Crippen LogP contribution in [0.2, 0.25) is 0 Å². The minimum absolute atomic E-state index is 0.559. The number of benzene rings is 10. The van der Waals surface area contributed by atoms with E-state index in [1.807, 2.05) is 0 Å². The number of para-hydroxylation sites is 3. The van der Waals surface area contributed by atoms with Crippen molar-refractivity contribution >= 4 is 67.7 Å². The van der Waals surface area contributed by atoms with Gasteiger partial charge in [0.1, 0.15) is 0 Å². The van der Waals surface area contributed by atoms with Crippen LogP contribution in [0.5, 0.6) is 0 Å². The van der Waals surface area contributed by atoms with Gasteiger partial charge >= 0.3 is 0 Å². The quantitative estimate of drug-likeness (QED) is 0.158. The lowest BCUT2D eigenvalue weighted by atomic mass is 9.64. The third-order valence-electron chi connectivity index (χ3n) is 15.2. The van der Waals surface area contributed by atoms with Gasteiger partial charge in [0.25, 0.3) is 0 Å². The highest BCUT2D eigenvalue weighted by Gasteiger charge is 2.55. The Kier molecular flexibility index (Phi) is 6.67. The molecular formula is C61H38N2Si. The molecule has 3 aliphatic heterocycles. The van der Waals surface area contributed by atoms with Crippen molar-refractivity contribution in [2.24, 2.45) is 0 Å². The fourth-order valence-electron chi connectivity index (χ4n) is 12.9. The minimum Gasteiger partial charge on any atom is -0.310 e. The summed E-state index contributed by atoms with van der Waals surface area (Å²) in [5, 5.41) is 8.48. The average molecular weight is 827 g/mol. The predicted octanol–water partition coefficient (Wildman–Crippen LogP) is 12.3. The number of aromatic nitrogens is 1. The highest BCUT2D eigenvalue weighted by Crippen LogP contribution is 2.63. The second-order valence-corrected chi connectivity index (χ2v) is 21.5. The Morgan fingerprint density at radius 1 is 0.297 bits per heavy atom. The lowest BCUT2D eigenvalue weighted by Gasteiger charge is -2.45. The van der Waals surface area contributed by atoms with E-state index in [2.05, 4.69) is 240 Å². The smallest absolute Gasteiger partial charge is 0.182 e. The minimum atomic E-state index is -2.68. The van der Waals surface area contributed by atoms with Gasteiger partial charge in [-0.25, -0.2) is 0 Å². The summed E-state index contributed by atoms with van der Waals surface area (Å²) in [5.41, 5.74) is 20.0. The molecule has 0 atom stereocenters. The van der Waals surface area contributed by atoms with Gasteiger partial charge in [-0.3, -0.25) is 0 Å². The van der Waals surface area contributed by atoms with E-state index in [0.717, 1.165) is 5.69 Å². The Morgan fingerprint density at radius 3 is 1.33 bits per heavy atom. The fourth-order valence-corrected chi connectivity index (χ4v) is 18.6. The molecule has 0 fully saturated rings. The zero-order chi connectivity index (χ0) is 41.7. The first-order valence-corrected chi connectivity index (χ1v) is 24.4. The molecule has 1 aromatic heterocycles. The van der Waals surface area contributed by atoms with Gasteiger partial charge in [-0.1, -0.05) is 182 Å². The first-order chi connectivity index (χ1) is 31.8. The molecule has 0 saturated carbocycles. The molecule has 296 valence electrons. The molecule has 0 bridgehead atoms. The van der Waals surface area contributed by atoms with E-state index < -0.39 is 13.5 Å². The van der Waals surface area contributed by atoms with Crippen LogP contribution in [0.15, 0.2) is 231 Å². The summed E-state index contributed by atoms with van der Waals surface area (Å²) in [6.07, 6.45) is 0. The van der Waals surface area contributed by atoms with Gasteiger partial charge in [-0.05, 0) is 125 Å². The molecule has 11 aromatic rings. The molecule has 2 spiro atoms. The average Bonchev–Trinajstić information content (AvgIpc) is 4.05. The van der Waals surface area contributed by atoms with Crippen molar-refractivity contribution in [1.82, 2.24) is 4.57 Å². The SMILES string of the molecule is c1ccc2c(c1)-c1ccccc1C21c2ccccc2N(c2ccc3c(c2)[Si]2(c4ccccc4-c4ccccc42)c2ccccc2-3)c2ccc(-n3c4ccccc4c4ccccc43)cc21. The van der Waals surface area contributed by atoms with Gasteiger partial charge in [-0.15, -0.1) is 0 Å². The lowest BCUT2D eigenvalue weighted by Crippen LogP contribution is -2.70. The van der Waals surface area contributed by atoms with E-state index in [-0.39, 0.29) is 0 Å². The molecule has 0 N–H and O–H groups in total. The van der Waals surface area contributed by atoms with Gasteiger partial charge < -0.3 is 9.47 Å². The van der Waals surface area contributed by atoms with Crippen molar-refractivity contribution < 1.29 is 0 Å². The van der Waals surface area contributed by atoms with Crippen molar-refractivity contribution in [2.75, 3.05) is 4.90 Å². The molecule has 0 radical (unpaired) electrons. The van der Waals surface area contributed by atoms with Gasteiger partial charge in [0.15, 0.2) is 8.07 Å². The maximum atomic E-state index is 2.59. The lowest BCUT2D eigenvalue weighted by molar-refractivity contribution is 0.751. The number of fused-ring (bicyclic) bond motifs is 22. The largest absolute Gasteiger partial charge is 0.310 e. The summed E-state index contributed by atoms with van der Waals surface area (Å²) in [6, 6.07) is 87.8. The maximum Gasteiger partial charge on any atom is 0.182 e. The van der Waals surface area contributed by atoms with Crippen molar-refractivity contribution in [2.45, 2.75) is 5.41 Å². The second kappa shape index (κ2) is 12.3. The van der Waals surface area contributed by atoms with E-state index in [1.165, 1.54) is 115 Å². The summed E-state index contributed by atoms with van der Waals surface area (Å²) < 4.78 is 2.48. The molecule has 4 heterocycles. The number of nitrogens with zero attached hydrogens (tertiary/aromatic N) is 2. The second-order valence-electron chi connectivity index (χ2n) is 17.9. The zero-order valence-corrected chi connectivity index (χ0v) is 35.8. The summed E-state index contributed by atoms with van der Waals surface area (Å²) in [7, 11) is -2.68. The van der Waals surface area contributed by atoms with Crippen molar-refractivity contribution in [1.29, 1.82) is 0 Å². The molecule has 0 unspecified atom stereocenters.